The fourth-order valence-corrected chi connectivity index (χ4v) is 4.22. The van der Waals surface area contributed by atoms with E-state index in [1.54, 1.807) is 54.3 Å². The Bertz CT molecular complexity index is 1740. The van der Waals surface area contributed by atoms with Crippen molar-refractivity contribution in [3.63, 3.8) is 0 Å². The van der Waals surface area contributed by atoms with Gasteiger partial charge in [0.15, 0.2) is 5.65 Å². The van der Waals surface area contributed by atoms with Gasteiger partial charge in [0.25, 0.3) is 5.56 Å². The van der Waals surface area contributed by atoms with Gasteiger partial charge in [0.05, 0.1) is 29.0 Å². The molecule has 0 aliphatic heterocycles. The van der Waals surface area contributed by atoms with Crippen LogP contribution < -0.4 is 10.5 Å². The quantitative estimate of drug-likeness (QED) is 0.394. The number of benzene rings is 1. The molecule has 0 saturated heterocycles. The molecule has 5 rings (SSSR count). The van der Waals surface area contributed by atoms with E-state index in [9.17, 15) is 20.0 Å². The van der Waals surface area contributed by atoms with Gasteiger partial charge >= 0.3 is 6.09 Å². The number of hydrogen-bond donors (Lipinski definition) is 2. The van der Waals surface area contributed by atoms with Crippen molar-refractivity contribution in [3.05, 3.63) is 69.2 Å². The molecule has 35 heavy (non-hydrogen) atoms. The largest absolute Gasteiger partial charge is 0.465 e. The van der Waals surface area contributed by atoms with E-state index in [0.717, 1.165) is 4.90 Å². The number of halogens is 1. The molecule has 1 aromatic carbocycles. The lowest BCUT2D eigenvalue weighted by Crippen LogP contribution is -2.35. The number of aromatic amines is 1. The van der Waals surface area contributed by atoms with Crippen LogP contribution in [0.3, 0.4) is 0 Å². The van der Waals surface area contributed by atoms with Crippen molar-refractivity contribution in [1.82, 2.24) is 29.3 Å². The molecule has 0 unspecified atom stereocenters. The van der Waals surface area contributed by atoms with Gasteiger partial charge in [-0.3, -0.25) is 19.4 Å². The van der Waals surface area contributed by atoms with Gasteiger partial charge in [0.2, 0.25) is 5.95 Å². The van der Waals surface area contributed by atoms with Crippen LogP contribution in [0, 0.1) is 11.3 Å². The van der Waals surface area contributed by atoms with E-state index in [4.69, 9.17) is 11.6 Å². The number of aryl methyl sites for hydroxylation is 1. The molecule has 12 heteroatoms. The van der Waals surface area contributed by atoms with Crippen molar-refractivity contribution in [2.45, 2.75) is 6.54 Å². The molecule has 0 fully saturated rings. The van der Waals surface area contributed by atoms with Crippen LogP contribution in [0.25, 0.3) is 33.3 Å². The summed E-state index contributed by atoms with van der Waals surface area (Å²) in [6.07, 6.45) is 1.92. The number of amides is 1. The van der Waals surface area contributed by atoms with Gasteiger partial charge in [0, 0.05) is 36.9 Å². The summed E-state index contributed by atoms with van der Waals surface area (Å²) in [5.74, 6) is -0.0929. The fourth-order valence-electron chi connectivity index (χ4n) is 4.05. The Labute approximate surface area is 202 Å². The van der Waals surface area contributed by atoms with E-state index in [1.807, 2.05) is 0 Å². The molecule has 0 spiro atoms. The molecule has 5 aromatic rings. The Balaban J connectivity index is 1.64. The van der Waals surface area contributed by atoms with Crippen LogP contribution in [0.4, 0.5) is 10.7 Å². The number of nitrogens with zero attached hydrogens (tertiary/aromatic N) is 7. The van der Waals surface area contributed by atoms with Crippen LogP contribution in [-0.4, -0.2) is 40.5 Å². The lowest BCUT2D eigenvalue weighted by atomic mass is 10.1. The molecule has 0 aliphatic rings. The number of carboxylic acid groups (broad SMARTS) is 1. The highest BCUT2D eigenvalue weighted by Crippen LogP contribution is 2.27. The van der Waals surface area contributed by atoms with E-state index in [-0.39, 0.29) is 23.5 Å². The molecule has 0 radical (unpaired) electrons. The molecule has 0 aliphatic carbocycles. The van der Waals surface area contributed by atoms with Crippen molar-refractivity contribution in [3.8, 4) is 17.5 Å². The fraction of sp³-hybridized carbons (Fsp3) is 0.130. The lowest BCUT2D eigenvalue weighted by molar-refractivity contribution is 0.200. The maximum Gasteiger partial charge on any atom is 0.414 e. The van der Waals surface area contributed by atoms with Crippen molar-refractivity contribution in [2.75, 3.05) is 4.90 Å². The van der Waals surface area contributed by atoms with Gasteiger partial charge in [-0.25, -0.2) is 9.69 Å². The molecule has 174 valence electrons. The zero-order valence-corrected chi connectivity index (χ0v) is 19.3. The number of fused-ring (bicyclic) bond motifs is 2. The van der Waals surface area contributed by atoms with Crippen LogP contribution in [0.5, 0.6) is 0 Å². The standard InChI is InChI=1S/C23H17ClN8O3/c1-30-10-12(9-25)7-17(30)19-18-20(29-28-19)27-22(31(2)21(18)33)32(23(34)35)11-13-5-6-26-16-4-3-14(24)8-15(13)16/h3-8,10H,11H2,1-2H3,(H,28,29)(H,34,35). The Kier molecular flexibility index (Phi) is 5.22. The number of pyridine rings is 1. The van der Waals surface area contributed by atoms with Crippen LogP contribution >= 0.6 is 11.6 Å². The first-order valence-electron chi connectivity index (χ1n) is 10.3. The van der Waals surface area contributed by atoms with E-state index >= 15 is 0 Å². The van der Waals surface area contributed by atoms with Gasteiger partial charge in [-0.05, 0) is 35.9 Å². The molecule has 4 heterocycles. The highest BCUT2D eigenvalue weighted by molar-refractivity contribution is 6.31. The van der Waals surface area contributed by atoms with Crippen LogP contribution in [0.1, 0.15) is 11.1 Å². The second-order valence-electron chi connectivity index (χ2n) is 7.91. The molecule has 2 N–H and O–H groups in total. The smallest absolute Gasteiger partial charge is 0.414 e. The summed E-state index contributed by atoms with van der Waals surface area (Å²) in [4.78, 5) is 35.3. The minimum atomic E-state index is -1.30. The number of H-pyrrole nitrogens is 1. The van der Waals surface area contributed by atoms with E-state index in [1.165, 1.54) is 11.6 Å². The highest BCUT2D eigenvalue weighted by Gasteiger charge is 2.25. The zero-order chi connectivity index (χ0) is 24.9. The zero-order valence-electron chi connectivity index (χ0n) is 18.5. The first kappa shape index (κ1) is 22.1. The molecule has 1 amide bonds. The lowest BCUT2D eigenvalue weighted by Gasteiger charge is -2.21. The van der Waals surface area contributed by atoms with Crippen molar-refractivity contribution >= 4 is 45.6 Å². The van der Waals surface area contributed by atoms with Gasteiger partial charge in [-0.2, -0.15) is 15.3 Å². The third-order valence-electron chi connectivity index (χ3n) is 5.76. The van der Waals surface area contributed by atoms with Crippen molar-refractivity contribution in [2.24, 2.45) is 14.1 Å². The summed E-state index contributed by atoms with van der Waals surface area (Å²) in [5.41, 5.74) is 2.27. The maximum atomic E-state index is 13.4. The predicted molar refractivity (Wildman–Crippen MR) is 129 cm³/mol. The summed E-state index contributed by atoms with van der Waals surface area (Å²) < 4.78 is 2.86. The van der Waals surface area contributed by atoms with Crippen molar-refractivity contribution < 1.29 is 9.90 Å². The van der Waals surface area contributed by atoms with Crippen LogP contribution in [-0.2, 0) is 20.6 Å². The minimum Gasteiger partial charge on any atom is -0.465 e. The number of aromatic nitrogens is 6. The van der Waals surface area contributed by atoms with Crippen LogP contribution in [0.2, 0.25) is 5.02 Å². The summed E-state index contributed by atoms with van der Waals surface area (Å²) in [6.45, 7) is -0.0961. The van der Waals surface area contributed by atoms with Gasteiger partial charge in [-0.1, -0.05) is 11.6 Å². The van der Waals surface area contributed by atoms with E-state index in [0.29, 0.717) is 38.4 Å². The third-order valence-corrected chi connectivity index (χ3v) is 5.99. The van der Waals surface area contributed by atoms with E-state index < -0.39 is 11.7 Å². The topological polar surface area (TPSA) is 146 Å². The van der Waals surface area contributed by atoms with Crippen LogP contribution in [0.15, 0.2) is 47.5 Å². The Hall–Kier alpha value is -4.69. The second-order valence-corrected chi connectivity index (χ2v) is 8.35. The predicted octanol–water partition coefficient (Wildman–Crippen LogP) is 3.42. The molecular formula is C23H17ClN8O3. The average molecular weight is 489 g/mol. The summed E-state index contributed by atoms with van der Waals surface area (Å²) >= 11 is 6.15. The Morgan fingerprint density at radius 3 is 2.80 bits per heavy atom. The number of anilines is 1. The molecular weight excluding hydrogens is 472 g/mol. The molecule has 0 atom stereocenters. The maximum absolute atomic E-state index is 13.4. The Morgan fingerprint density at radius 2 is 2.09 bits per heavy atom. The average Bonchev–Trinajstić information content (AvgIpc) is 3.42. The monoisotopic (exact) mass is 488 g/mol. The summed E-state index contributed by atoms with van der Waals surface area (Å²) in [5, 5.41) is 27.5. The number of nitriles is 1. The van der Waals surface area contributed by atoms with Gasteiger partial charge in [0.1, 0.15) is 11.5 Å². The highest BCUT2D eigenvalue weighted by atomic mass is 35.5. The van der Waals surface area contributed by atoms with E-state index in [2.05, 4.69) is 26.2 Å². The molecule has 0 bridgehead atoms. The first-order chi connectivity index (χ1) is 16.8. The third kappa shape index (κ3) is 3.66. The summed E-state index contributed by atoms with van der Waals surface area (Å²) in [6, 6.07) is 10.6. The number of nitrogens with one attached hydrogen (secondary N) is 1. The molecule has 0 saturated carbocycles. The number of carbonyl (C=O) groups is 1. The molecule has 11 nitrogen and oxygen atoms in total. The number of hydrogen-bond acceptors (Lipinski definition) is 6. The Morgan fingerprint density at radius 1 is 1.29 bits per heavy atom. The second kappa shape index (κ2) is 8.27. The summed E-state index contributed by atoms with van der Waals surface area (Å²) in [7, 11) is 3.19. The molecule has 4 aromatic heterocycles. The normalized spacial score (nSPS) is 11.1. The van der Waals surface area contributed by atoms with Gasteiger partial charge in [-0.15, -0.1) is 0 Å². The van der Waals surface area contributed by atoms with Gasteiger partial charge < -0.3 is 9.67 Å². The first-order valence-corrected chi connectivity index (χ1v) is 10.7. The SMILES string of the molecule is Cn1cc(C#N)cc1-c1[nH]nc2nc(N(Cc3ccnc4ccc(Cl)cc34)C(=O)O)n(C)c(=O)c12. The number of rotatable bonds is 4. The minimum absolute atomic E-state index is 0.0617. The van der Waals surface area contributed by atoms with Crippen molar-refractivity contribution in [1.29, 1.82) is 5.26 Å².